The summed E-state index contributed by atoms with van der Waals surface area (Å²) in [7, 11) is 3.11. The number of amides is 1. The van der Waals surface area contributed by atoms with E-state index in [-0.39, 0.29) is 17.8 Å². The van der Waals surface area contributed by atoms with Crippen molar-refractivity contribution in [2.45, 2.75) is 18.9 Å². The lowest BCUT2D eigenvalue weighted by molar-refractivity contribution is 0.0715. The van der Waals surface area contributed by atoms with Gasteiger partial charge in [0, 0.05) is 30.6 Å². The van der Waals surface area contributed by atoms with E-state index in [1.165, 1.54) is 19.5 Å². The number of fused-ring (bicyclic) bond motifs is 1. The number of carbonyl (C=O) groups is 1. The SMILES string of the molecule is COc1ccc(C(=O)N2CCC(Nc3ncnc4c(F)cccc34)CC2)c(OC)c1. The topological polar surface area (TPSA) is 76.6 Å². The highest BCUT2D eigenvalue weighted by atomic mass is 19.1. The van der Waals surface area contributed by atoms with Gasteiger partial charge in [0.15, 0.2) is 0 Å². The van der Waals surface area contributed by atoms with Gasteiger partial charge in [-0.3, -0.25) is 4.79 Å². The molecular weight excluding hydrogens is 387 g/mol. The van der Waals surface area contributed by atoms with Crippen LogP contribution >= 0.6 is 0 Å². The Balaban J connectivity index is 1.44. The monoisotopic (exact) mass is 410 g/mol. The molecule has 2 heterocycles. The lowest BCUT2D eigenvalue weighted by Crippen LogP contribution is -2.42. The average molecular weight is 410 g/mol. The molecule has 156 valence electrons. The van der Waals surface area contributed by atoms with E-state index in [1.807, 2.05) is 4.90 Å². The number of ether oxygens (including phenoxy) is 2. The highest BCUT2D eigenvalue weighted by Gasteiger charge is 2.26. The molecule has 1 N–H and O–H groups in total. The number of halogens is 1. The van der Waals surface area contributed by atoms with Crippen molar-refractivity contribution in [1.82, 2.24) is 14.9 Å². The van der Waals surface area contributed by atoms with Crippen molar-refractivity contribution in [3.8, 4) is 11.5 Å². The largest absolute Gasteiger partial charge is 0.497 e. The number of anilines is 1. The molecule has 1 aliphatic heterocycles. The van der Waals surface area contributed by atoms with E-state index in [2.05, 4.69) is 15.3 Å². The second kappa shape index (κ2) is 8.52. The van der Waals surface area contributed by atoms with Gasteiger partial charge in [-0.05, 0) is 37.1 Å². The minimum atomic E-state index is -0.369. The average Bonchev–Trinajstić information content (AvgIpc) is 2.79. The lowest BCUT2D eigenvalue weighted by atomic mass is 10.0. The number of hydrogen-bond acceptors (Lipinski definition) is 6. The molecule has 0 atom stereocenters. The quantitative estimate of drug-likeness (QED) is 0.694. The Morgan fingerprint density at radius 3 is 2.67 bits per heavy atom. The van der Waals surface area contributed by atoms with E-state index < -0.39 is 0 Å². The first kappa shape index (κ1) is 19.9. The summed E-state index contributed by atoms with van der Waals surface area (Å²) in [4.78, 5) is 23.1. The van der Waals surface area contributed by atoms with Crippen LogP contribution in [0.2, 0.25) is 0 Å². The molecule has 4 rings (SSSR count). The number of rotatable bonds is 5. The number of carbonyl (C=O) groups excluding carboxylic acids is 1. The maximum atomic E-state index is 14.0. The Bertz CT molecular complexity index is 1070. The smallest absolute Gasteiger partial charge is 0.257 e. The number of benzene rings is 2. The molecular formula is C22H23FN4O3. The van der Waals surface area contributed by atoms with Gasteiger partial charge in [-0.15, -0.1) is 0 Å². The Kier molecular flexibility index (Phi) is 5.65. The van der Waals surface area contributed by atoms with Crippen molar-refractivity contribution >= 4 is 22.6 Å². The predicted molar refractivity (Wildman–Crippen MR) is 112 cm³/mol. The molecule has 2 aromatic carbocycles. The standard InChI is InChI=1S/C22H23FN4O3/c1-29-15-6-7-16(19(12-15)30-2)22(28)27-10-8-14(9-11-27)26-21-17-4-3-5-18(23)20(17)24-13-25-21/h3-7,12-14H,8-11H2,1-2H3,(H,24,25,26). The fourth-order valence-electron chi connectivity index (χ4n) is 3.73. The van der Waals surface area contributed by atoms with Crippen molar-refractivity contribution in [3.05, 3.63) is 54.1 Å². The molecule has 8 heteroatoms. The number of para-hydroxylation sites is 1. The van der Waals surface area contributed by atoms with Gasteiger partial charge in [-0.1, -0.05) is 6.07 Å². The molecule has 30 heavy (non-hydrogen) atoms. The number of aromatic nitrogens is 2. The Morgan fingerprint density at radius 2 is 1.93 bits per heavy atom. The van der Waals surface area contributed by atoms with Crippen LogP contribution in [0.1, 0.15) is 23.2 Å². The van der Waals surface area contributed by atoms with Crippen LogP contribution in [-0.2, 0) is 0 Å². The summed E-state index contributed by atoms with van der Waals surface area (Å²) in [5.74, 6) is 1.31. The molecule has 1 fully saturated rings. The van der Waals surface area contributed by atoms with Gasteiger partial charge < -0.3 is 19.7 Å². The summed E-state index contributed by atoms with van der Waals surface area (Å²) >= 11 is 0. The van der Waals surface area contributed by atoms with Crippen molar-refractivity contribution in [2.24, 2.45) is 0 Å². The molecule has 0 unspecified atom stereocenters. The minimum Gasteiger partial charge on any atom is -0.497 e. The molecule has 3 aromatic rings. The zero-order valence-electron chi connectivity index (χ0n) is 16.9. The van der Waals surface area contributed by atoms with Gasteiger partial charge in [0.2, 0.25) is 0 Å². The van der Waals surface area contributed by atoms with Crippen LogP contribution in [0.25, 0.3) is 10.9 Å². The van der Waals surface area contributed by atoms with Gasteiger partial charge in [0.1, 0.15) is 35.0 Å². The van der Waals surface area contributed by atoms with Crippen molar-refractivity contribution in [2.75, 3.05) is 32.6 Å². The van der Waals surface area contributed by atoms with E-state index in [4.69, 9.17) is 9.47 Å². The molecule has 0 radical (unpaired) electrons. The first-order chi connectivity index (χ1) is 14.6. The van der Waals surface area contributed by atoms with Gasteiger partial charge in [-0.2, -0.15) is 0 Å². The normalized spacial score (nSPS) is 14.6. The third-order valence-corrected chi connectivity index (χ3v) is 5.38. The predicted octanol–water partition coefficient (Wildman–Crippen LogP) is 3.50. The molecule has 0 saturated carbocycles. The molecule has 0 aliphatic carbocycles. The lowest BCUT2D eigenvalue weighted by Gasteiger charge is -2.33. The number of methoxy groups -OCH3 is 2. The summed E-state index contributed by atoms with van der Waals surface area (Å²) in [6.07, 6.45) is 2.87. The van der Waals surface area contributed by atoms with Gasteiger partial charge in [0.25, 0.3) is 5.91 Å². The number of nitrogens with zero attached hydrogens (tertiary/aromatic N) is 3. The minimum absolute atomic E-state index is 0.0671. The fraction of sp³-hybridized carbons (Fsp3) is 0.318. The van der Waals surface area contributed by atoms with Crippen LogP contribution in [-0.4, -0.2) is 54.1 Å². The van der Waals surface area contributed by atoms with Crippen molar-refractivity contribution in [3.63, 3.8) is 0 Å². The molecule has 7 nitrogen and oxygen atoms in total. The van der Waals surface area contributed by atoms with Crippen LogP contribution in [0.15, 0.2) is 42.7 Å². The second-order valence-corrected chi connectivity index (χ2v) is 7.14. The van der Waals surface area contributed by atoms with Crippen molar-refractivity contribution in [1.29, 1.82) is 0 Å². The summed E-state index contributed by atoms with van der Waals surface area (Å²) in [5, 5.41) is 4.04. The molecule has 0 bridgehead atoms. The number of piperidine rings is 1. The van der Waals surface area contributed by atoms with Crippen LogP contribution < -0.4 is 14.8 Å². The Labute approximate surface area is 173 Å². The summed E-state index contributed by atoms with van der Waals surface area (Å²) in [6, 6.07) is 10.2. The maximum absolute atomic E-state index is 14.0. The van der Waals surface area contributed by atoms with E-state index in [0.717, 1.165) is 12.8 Å². The van der Waals surface area contributed by atoms with Crippen LogP contribution in [0.4, 0.5) is 10.2 Å². The van der Waals surface area contributed by atoms with Crippen LogP contribution in [0.3, 0.4) is 0 Å². The number of hydrogen-bond donors (Lipinski definition) is 1. The third-order valence-electron chi connectivity index (χ3n) is 5.38. The second-order valence-electron chi connectivity index (χ2n) is 7.14. The van der Waals surface area contributed by atoms with Crippen molar-refractivity contribution < 1.29 is 18.7 Å². The maximum Gasteiger partial charge on any atom is 0.257 e. The summed E-state index contributed by atoms with van der Waals surface area (Å²) < 4.78 is 24.5. The summed E-state index contributed by atoms with van der Waals surface area (Å²) in [5.41, 5.74) is 0.816. The van der Waals surface area contributed by atoms with E-state index in [9.17, 15) is 9.18 Å². The molecule has 1 saturated heterocycles. The number of nitrogens with one attached hydrogen (secondary N) is 1. The highest BCUT2D eigenvalue weighted by Crippen LogP contribution is 2.28. The molecule has 1 amide bonds. The fourth-order valence-corrected chi connectivity index (χ4v) is 3.73. The van der Waals surface area contributed by atoms with Crippen LogP contribution in [0, 0.1) is 5.82 Å². The first-order valence-corrected chi connectivity index (χ1v) is 9.77. The zero-order valence-corrected chi connectivity index (χ0v) is 16.9. The third kappa shape index (κ3) is 3.85. The summed E-state index contributed by atoms with van der Waals surface area (Å²) in [6.45, 7) is 1.20. The Morgan fingerprint density at radius 1 is 1.13 bits per heavy atom. The van der Waals surface area contributed by atoms with Crippen LogP contribution in [0.5, 0.6) is 11.5 Å². The van der Waals surface area contributed by atoms with E-state index >= 15 is 0 Å². The number of likely N-dealkylation sites (tertiary alicyclic amines) is 1. The van der Waals surface area contributed by atoms with Gasteiger partial charge in [-0.25, -0.2) is 14.4 Å². The highest BCUT2D eigenvalue weighted by molar-refractivity contribution is 5.97. The van der Waals surface area contributed by atoms with E-state index in [1.54, 1.807) is 37.4 Å². The van der Waals surface area contributed by atoms with Gasteiger partial charge in [0.05, 0.1) is 19.8 Å². The Hall–Kier alpha value is -3.42. The van der Waals surface area contributed by atoms with E-state index in [0.29, 0.717) is 46.9 Å². The zero-order chi connectivity index (χ0) is 21.1. The molecule has 0 spiro atoms. The molecule has 1 aliphatic rings. The van der Waals surface area contributed by atoms with Gasteiger partial charge >= 0.3 is 0 Å². The first-order valence-electron chi connectivity index (χ1n) is 9.77. The molecule has 1 aromatic heterocycles.